The van der Waals surface area contributed by atoms with Crippen LogP contribution in [0.15, 0.2) is 18.3 Å². The Balaban J connectivity index is 2.38. The van der Waals surface area contributed by atoms with Gasteiger partial charge in [-0.2, -0.15) is 4.37 Å². The summed E-state index contributed by atoms with van der Waals surface area (Å²) in [5.41, 5.74) is 0.800. The van der Waals surface area contributed by atoms with Crippen LogP contribution in [0.3, 0.4) is 0 Å². The van der Waals surface area contributed by atoms with E-state index in [2.05, 4.69) is 14.3 Å². The molecule has 0 saturated carbocycles. The number of rotatable bonds is 3. The van der Waals surface area contributed by atoms with Crippen LogP contribution in [0.5, 0.6) is 5.88 Å². The van der Waals surface area contributed by atoms with Gasteiger partial charge in [-0.25, -0.2) is 14.8 Å². The lowest BCUT2D eigenvalue weighted by molar-refractivity contribution is 0.398. The number of nitrogens with zero attached hydrogens (tertiary/aromatic N) is 3. The van der Waals surface area contributed by atoms with Gasteiger partial charge in [-0.1, -0.05) is 0 Å². The summed E-state index contributed by atoms with van der Waals surface area (Å²) in [6, 6.07) is 3.51. The minimum absolute atomic E-state index is 0.500. The highest BCUT2D eigenvalue weighted by atomic mass is 32.1. The van der Waals surface area contributed by atoms with Crippen LogP contribution in [0.1, 0.15) is 5.01 Å². The van der Waals surface area contributed by atoms with Crippen molar-refractivity contribution in [2.75, 3.05) is 7.11 Å². The molecule has 0 N–H and O–H groups in total. The molecular formula is C10H7N3O2S. The van der Waals surface area contributed by atoms with Gasteiger partial charge >= 0.3 is 0 Å². The molecule has 2 aromatic heterocycles. The Morgan fingerprint density at radius 2 is 2.44 bits per heavy atom. The lowest BCUT2D eigenvalue weighted by Gasteiger charge is -1.98. The predicted molar refractivity (Wildman–Crippen MR) is 59.8 cm³/mol. The van der Waals surface area contributed by atoms with E-state index in [0.717, 1.165) is 17.1 Å². The Morgan fingerprint density at radius 3 is 3.19 bits per heavy atom. The van der Waals surface area contributed by atoms with Crippen LogP contribution in [0.4, 0.5) is 0 Å². The summed E-state index contributed by atoms with van der Waals surface area (Å²) in [5, 5.41) is 0.528. The fraction of sp³-hybridized carbons (Fsp3) is 0.100. The van der Waals surface area contributed by atoms with Crippen LogP contribution < -0.4 is 4.74 Å². The average molecular weight is 233 g/mol. The molecule has 6 heteroatoms. The summed E-state index contributed by atoms with van der Waals surface area (Å²) in [4.78, 5) is 18.3. The molecule has 0 fully saturated rings. The predicted octanol–water partition coefficient (Wildman–Crippen LogP) is 1.45. The molecule has 5 nitrogen and oxygen atoms in total. The Bertz CT molecular complexity index is 547. The highest BCUT2D eigenvalue weighted by Crippen LogP contribution is 2.20. The van der Waals surface area contributed by atoms with Crippen molar-refractivity contribution >= 4 is 23.5 Å². The fourth-order valence-electron chi connectivity index (χ4n) is 1.12. The van der Waals surface area contributed by atoms with Crippen molar-refractivity contribution in [1.82, 2.24) is 14.3 Å². The highest BCUT2D eigenvalue weighted by molar-refractivity contribution is 7.06. The van der Waals surface area contributed by atoms with Crippen LogP contribution >= 0.6 is 11.5 Å². The second kappa shape index (κ2) is 4.65. The lowest BCUT2D eigenvalue weighted by Crippen LogP contribution is -1.88. The van der Waals surface area contributed by atoms with Crippen LogP contribution in [0.25, 0.3) is 17.5 Å². The molecule has 0 unspecified atom stereocenters. The van der Waals surface area contributed by atoms with Crippen molar-refractivity contribution < 1.29 is 9.53 Å². The van der Waals surface area contributed by atoms with Gasteiger partial charge in [0, 0.05) is 17.8 Å². The smallest absolute Gasteiger partial charge is 0.213 e. The molecular weight excluding hydrogens is 226 g/mol. The van der Waals surface area contributed by atoms with Crippen molar-refractivity contribution in [2.24, 2.45) is 0 Å². The third kappa shape index (κ3) is 2.13. The van der Waals surface area contributed by atoms with E-state index >= 15 is 0 Å². The molecule has 2 rings (SSSR count). The molecule has 0 bridgehead atoms. The summed E-state index contributed by atoms with van der Waals surface area (Å²) in [6.07, 6.45) is 2.87. The molecule has 0 aliphatic heterocycles. The van der Waals surface area contributed by atoms with Crippen LogP contribution in [-0.4, -0.2) is 27.4 Å². The maximum Gasteiger partial charge on any atom is 0.213 e. The second-order valence-electron chi connectivity index (χ2n) is 2.81. The first-order valence-electron chi connectivity index (χ1n) is 4.38. The molecule has 0 aliphatic carbocycles. The van der Waals surface area contributed by atoms with E-state index in [1.54, 1.807) is 31.4 Å². The summed E-state index contributed by atoms with van der Waals surface area (Å²) in [6.45, 7) is 0. The Kier molecular flexibility index (Phi) is 3.05. The first-order valence-corrected chi connectivity index (χ1v) is 5.16. The summed E-state index contributed by atoms with van der Waals surface area (Å²) in [5.74, 6) is 2.72. The van der Waals surface area contributed by atoms with Crippen molar-refractivity contribution in [3.05, 3.63) is 23.3 Å². The number of methoxy groups -OCH3 is 1. The summed E-state index contributed by atoms with van der Waals surface area (Å²) >= 11 is 1.14. The van der Waals surface area contributed by atoms with E-state index in [0.29, 0.717) is 16.7 Å². The molecule has 0 atom stereocenters. The lowest BCUT2D eigenvalue weighted by atomic mass is 10.2. The number of hydrogen-bond donors (Lipinski definition) is 0. The van der Waals surface area contributed by atoms with Gasteiger partial charge in [0.25, 0.3) is 0 Å². The van der Waals surface area contributed by atoms with E-state index in [-0.39, 0.29) is 0 Å². The second-order valence-corrected chi connectivity index (χ2v) is 3.59. The van der Waals surface area contributed by atoms with Crippen molar-refractivity contribution in [3.8, 4) is 17.3 Å². The van der Waals surface area contributed by atoms with Gasteiger partial charge in [0.1, 0.15) is 10.9 Å². The van der Waals surface area contributed by atoms with Crippen LogP contribution in [-0.2, 0) is 4.79 Å². The molecule has 2 aromatic rings. The van der Waals surface area contributed by atoms with Crippen molar-refractivity contribution in [3.63, 3.8) is 0 Å². The molecule has 16 heavy (non-hydrogen) atoms. The molecule has 0 spiro atoms. The highest BCUT2D eigenvalue weighted by Gasteiger charge is 2.06. The zero-order valence-corrected chi connectivity index (χ0v) is 9.19. The van der Waals surface area contributed by atoms with Crippen LogP contribution in [0.2, 0.25) is 0 Å². The standard InChI is InChI=1S/C10H7N3O2S/c1-15-8-6-7(2-4-11-8)10-12-9(3-5-14)16-13-10/h2-4,6H,1H3. The minimum atomic E-state index is 0.500. The Labute approximate surface area is 95.6 Å². The molecule has 0 aromatic carbocycles. The number of pyridine rings is 1. The van der Waals surface area contributed by atoms with E-state index in [4.69, 9.17) is 4.74 Å². The molecule has 0 saturated heterocycles. The van der Waals surface area contributed by atoms with Gasteiger partial charge in [0.2, 0.25) is 5.88 Å². The van der Waals surface area contributed by atoms with Crippen LogP contribution in [0, 0.1) is 0 Å². The van der Waals surface area contributed by atoms with Gasteiger partial charge in [-0.15, -0.1) is 0 Å². The Hall–Kier alpha value is -2.04. The van der Waals surface area contributed by atoms with Crippen molar-refractivity contribution in [1.29, 1.82) is 0 Å². The quantitative estimate of drug-likeness (QED) is 0.751. The molecule has 0 radical (unpaired) electrons. The average Bonchev–Trinajstić information content (AvgIpc) is 2.78. The van der Waals surface area contributed by atoms with E-state index in [1.165, 1.54) is 6.08 Å². The zero-order valence-electron chi connectivity index (χ0n) is 8.38. The maximum atomic E-state index is 10.1. The fourth-order valence-corrected chi connectivity index (χ4v) is 1.68. The SMILES string of the molecule is COc1cc(-c2nsc(C=C=O)n2)ccn1. The van der Waals surface area contributed by atoms with Gasteiger partial charge in [-0.05, 0) is 17.6 Å². The van der Waals surface area contributed by atoms with Gasteiger partial charge < -0.3 is 4.74 Å². The van der Waals surface area contributed by atoms with Gasteiger partial charge in [0.05, 0.1) is 13.2 Å². The third-order valence-electron chi connectivity index (χ3n) is 1.83. The summed E-state index contributed by atoms with van der Waals surface area (Å²) < 4.78 is 9.11. The minimum Gasteiger partial charge on any atom is -0.481 e. The van der Waals surface area contributed by atoms with Crippen molar-refractivity contribution in [2.45, 2.75) is 0 Å². The van der Waals surface area contributed by atoms with E-state index in [1.807, 2.05) is 0 Å². The number of ether oxygens (including phenoxy) is 1. The molecule has 80 valence electrons. The summed E-state index contributed by atoms with van der Waals surface area (Å²) in [7, 11) is 1.54. The largest absolute Gasteiger partial charge is 0.481 e. The number of carbonyl (C=O) groups excluding carboxylic acids is 1. The first-order chi connectivity index (χ1) is 7.83. The van der Waals surface area contributed by atoms with E-state index in [9.17, 15) is 4.79 Å². The number of hydrogen-bond acceptors (Lipinski definition) is 6. The molecule has 0 amide bonds. The van der Waals surface area contributed by atoms with E-state index < -0.39 is 0 Å². The third-order valence-corrected chi connectivity index (χ3v) is 2.49. The maximum absolute atomic E-state index is 10.1. The normalized spacial score (nSPS) is 9.56. The topological polar surface area (TPSA) is 65.0 Å². The first kappa shape index (κ1) is 10.5. The Morgan fingerprint density at radius 1 is 1.56 bits per heavy atom. The zero-order chi connectivity index (χ0) is 11.4. The van der Waals surface area contributed by atoms with Gasteiger partial charge in [0.15, 0.2) is 5.82 Å². The van der Waals surface area contributed by atoms with Gasteiger partial charge in [-0.3, -0.25) is 0 Å². The molecule has 2 heterocycles. The number of aromatic nitrogens is 3. The molecule has 0 aliphatic rings. The monoisotopic (exact) mass is 233 g/mol.